The number of rotatable bonds is 6. The van der Waals surface area contributed by atoms with Gasteiger partial charge in [-0.2, -0.15) is 0 Å². The van der Waals surface area contributed by atoms with E-state index in [-0.39, 0.29) is 11.6 Å². The standard InChI is InChI=1S/C17H18ClN5O2/c1-10(2)13(7-18)23-9-21-14-15(19-8-20-16(14)23)22-12-6-4-3-5-11(12)17(24)25/h3-6,8-10,13H,7H2,1-2H3,(H,24,25)(H,19,20,22). The van der Waals surface area contributed by atoms with E-state index >= 15 is 0 Å². The molecule has 130 valence electrons. The molecule has 0 aliphatic rings. The third kappa shape index (κ3) is 3.28. The lowest BCUT2D eigenvalue weighted by atomic mass is 10.1. The fourth-order valence-electron chi connectivity index (χ4n) is 2.67. The molecule has 7 nitrogen and oxygen atoms in total. The van der Waals surface area contributed by atoms with Gasteiger partial charge in [-0.1, -0.05) is 26.0 Å². The van der Waals surface area contributed by atoms with Crippen molar-refractivity contribution < 1.29 is 9.90 Å². The zero-order chi connectivity index (χ0) is 18.0. The van der Waals surface area contributed by atoms with Gasteiger partial charge in [0.15, 0.2) is 17.0 Å². The minimum Gasteiger partial charge on any atom is -0.478 e. The number of para-hydroxylation sites is 1. The summed E-state index contributed by atoms with van der Waals surface area (Å²) < 4.78 is 1.93. The van der Waals surface area contributed by atoms with Crippen LogP contribution in [0, 0.1) is 5.92 Å². The van der Waals surface area contributed by atoms with Gasteiger partial charge >= 0.3 is 5.97 Å². The number of carbonyl (C=O) groups is 1. The van der Waals surface area contributed by atoms with Crippen LogP contribution in [0.4, 0.5) is 11.5 Å². The summed E-state index contributed by atoms with van der Waals surface area (Å²) in [6.07, 6.45) is 3.12. The number of nitrogens with one attached hydrogen (secondary N) is 1. The largest absolute Gasteiger partial charge is 0.478 e. The lowest BCUT2D eigenvalue weighted by molar-refractivity contribution is 0.0698. The summed E-state index contributed by atoms with van der Waals surface area (Å²) in [6.45, 7) is 4.17. The molecule has 2 aromatic heterocycles. The predicted octanol–water partition coefficient (Wildman–Crippen LogP) is 3.70. The van der Waals surface area contributed by atoms with Crippen molar-refractivity contribution in [2.45, 2.75) is 19.9 Å². The highest BCUT2D eigenvalue weighted by atomic mass is 35.5. The topological polar surface area (TPSA) is 92.9 Å². The molecule has 0 amide bonds. The monoisotopic (exact) mass is 359 g/mol. The second kappa shape index (κ2) is 7.06. The van der Waals surface area contributed by atoms with Crippen molar-refractivity contribution in [2.24, 2.45) is 5.92 Å². The van der Waals surface area contributed by atoms with Gasteiger partial charge in [0.1, 0.15) is 6.33 Å². The maximum absolute atomic E-state index is 11.4. The number of halogens is 1. The molecule has 0 aliphatic heterocycles. The minimum atomic E-state index is -1.01. The Hall–Kier alpha value is -2.67. The van der Waals surface area contributed by atoms with Gasteiger partial charge in [-0.15, -0.1) is 11.6 Å². The number of carboxylic acids is 1. The van der Waals surface area contributed by atoms with Gasteiger partial charge in [0.05, 0.1) is 23.6 Å². The highest BCUT2D eigenvalue weighted by molar-refractivity contribution is 6.18. The van der Waals surface area contributed by atoms with Crippen molar-refractivity contribution in [2.75, 3.05) is 11.2 Å². The van der Waals surface area contributed by atoms with Crippen LogP contribution in [-0.4, -0.2) is 36.5 Å². The van der Waals surface area contributed by atoms with E-state index in [0.717, 1.165) is 0 Å². The number of carboxylic acid groups (broad SMARTS) is 1. The highest BCUT2D eigenvalue weighted by Crippen LogP contribution is 2.28. The fraction of sp³-hybridized carbons (Fsp3) is 0.294. The Morgan fingerprint density at radius 1 is 1.28 bits per heavy atom. The van der Waals surface area contributed by atoms with Crippen LogP contribution >= 0.6 is 11.6 Å². The zero-order valence-electron chi connectivity index (χ0n) is 13.8. The van der Waals surface area contributed by atoms with E-state index in [9.17, 15) is 9.90 Å². The van der Waals surface area contributed by atoms with Crippen molar-refractivity contribution in [1.29, 1.82) is 0 Å². The van der Waals surface area contributed by atoms with Crippen LogP contribution in [0.3, 0.4) is 0 Å². The Kier molecular flexibility index (Phi) is 4.85. The lowest BCUT2D eigenvalue weighted by Crippen LogP contribution is -2.16. The molecule has 1 unspecified atom stereocenters. The average molecular weight is 360 g/mol. The molecular weight excluding hydrogens is 342 g/mol. The molecule has 8 heteroatoms. The first-order valence-electron chi connectivity index (χ1n) is 7.85. The Morgan fingerprint density at radius 2 is 2.04 bits per heavy atom. The maximum Gasteiger partial charge on any atom is 0.337 e. The molecule has 2 heterocycles. The summed E-state index contributed by atoms with van der Waals surface area (Å²) in [7, 11) is 0. The number of anilines is 2. The summed E-state index contributed by atoms with van der Waals surface area (Å²) in [5.74, 6) is 0.196. The molecule has 1 atom stereocenters. The van der Waals surface area contributed by atoms with Crippen molar-refractivity contribution in [1.82, 2.24) is 19.5 Å². The van der Waals surface area contributed by atoms with Crippen LogP contribution in [0.2, 0.25) is 0 Å². The van der Waals surface area contributed by atoms with Crippen molar-refractivity contribution >= 4 is 40.2 Å². The van der Waals surface area contributed by atoms with E-state index in [1.807, 2.05) is 4.57 Å². The average Bonchev–Trinajstić information content (AvgIpc) is 3.00. The van der Waals surface area contributed by atoms with Crippen LogP contribution in [0.1, 0.15) is 30.2 Å². The molecule has 0 saturated heterocycles. The molecular formula is C17H18ClN5O2. The van der Waals surface area contributed by atoms with Crippen LogP contribution in [0.5, 0.6) is 0 Å². The van der Waals surface area contributed by atoms with Gasteiger partial charge in [0, 0.05) is 5.88 Å². The highest BCUT2D eigenvalue weighted by Gasteiger charge is 2.20. The molecule has 0 bridgehead atoms. The number of hydrogen-bond acceptors (Lipinski definition) is 5. The number of fused-ring (bicyclic) bond motifs is 1. The number of aromatic nitrogens is 4. The second-order valence-corrected chi connectivity index (χ2v) is 6.30. The molecule has 0 radical (unpaired) electrons. The third-order valence-corrected chi connectivity index (χ3v) is 4.37. The third-order valence-electron chi connectivity index (χ3n) is 4.05. The van der Waals surface area contributed by atoms with Crippen molar-refractivity contribution in [3.05, 3.63) is 42.5 Å². The number of nitrogens with zero attached hydrogens (tertiary/aromatic N) is 4. The number of aromatic carboxylic acids is 1. The normalized spacial score (nSPS) is 12.5. The first kappa shape index (κ1) is 17.2. The number of imidazole rings is 1. The van der Waals surface area contributed by atoms with Crippen LogP contribution in [0.25, 0.3) is 11.2 Å². The number of benzene rings is 1. The first-order chi connectivity index (χ1) is 12.0. The Bertz CT molecular complexity index is 909. The summed E-state index contributed by atoms with van der Waals surface area (Å²) in [4.78, 5) is 24.3. The van der Waals surface area contributed by atoms with E-state index < -0.39 is 5.97 Å². The first-order valence-corrected chi connectivity index (χ1v) is 8.39. The molecule has 0 fully saturated rings. The van der Waals surface area contributed by atoms with Crippen molar-refractivity contribution in [3.63, 3.8) is 0 Å². The summed E-state index contributed by atoms with van der Waals surface area (Å²) in [5.41, 5.74) is 1.83. The van der Waals surface area contributed by atoms with Gasteiger partial charge in [0.25, 0.3) is 0 Å². The quantitative estimate of drug-likeness (QED) is 0.652. The SMILES string of the molecule is CC(C)C(CCl)n1cnc2c(Nc3ccccc3C(=O)O)ncnc21. The van der Waals surface area contributed by atoms with Gasteiger partial charge in [0.2, 0.25) is 0 Å². The maximum atomic E-state index is 11.4. The lowest BCUT2D eigenvalue weighted by Gasteiger charge is -2.20. The molecule has 25 heavy (non-hydrogen) atoms. The summed E-state index contributed by atoms with van der Waals surface area (Å²) in [5, 5.41) is 12.4. The Labute approximate surface area is 149 Å². The minimum absolute atomic E-state index is 0.0562. The number of hydrogen-bond donors (Lipinski definition) is 2. The van der Waals surface area contributed by atoms with Crippen molar-refractivity contribution in [3.8, 4) is 0 Å². The van der Waals surface area contributed by atoms with Gasteiger partial charge in [-0.3, -0.25) is 0 Å². The molecule has 3 aromatic rings. The molecule has 2 N–H and O–H groups in total. The van der Waals surface area contributed by atoms with Crippen LogP contribution < -0.4 is 5.32 Å². The second-order valence-electron chi connectivity index (χ2n) is 5.99. The van der Waals surface area contributed by atoms with Crippen LogP contribution in [-0.2, 0) is 0 Å². The van der Waals surface area contributed by atoms with Gasteiger partial charge < -0.3 is 15.0 Å². The van der Waals surface area contributed by atoms with E-state index in [0.29, 0.717) is 34.5 Å². The Balaban J connectivity index is 2.05. The van der Waals surface area contributed by atoms with E-state index in [1.165, 1.54) is 12.4 Å². The van der Waals surface area contributed by atoms with E-state index in [4.69, 9.17) is 11.6 Å². The molecule has 0 spiro atoms. The molecule has 0 saturated carbocycles. The van der Waals surface area contributed by atoms with Gasteiger partial charge in [-0.05, 0) is 18.1 Å². The molecule has 1 aromatic carbocycles. The zero-order valence-corrected chi connectivity index (χ0v) is 14.6. The predicted molar refractivity (Wildman–Crippen MR) is 96.6 cm³/mol. The summed E-state index contributed by atoms with van der Waals surface area (Å²) in [6, 6.07) is 6.70. The Morgan fingerprint density at radius 3 is 2.72 bits per heavy atom. The smallest absolute Gasteiger partial charge is 0.337 e. The van der Waals surface area contributed by atoms with E-state index in [1.54, 1.807) is 24.5 Å². The van der Waals surface area contributed by atoms with Crippen LogP contribution in [0.15, 0.2) is 36.9 Å². The van der Waals surface area contributed by atoms with E-state index in [2.05, 4.69) is 34.1 Å². The summed E-state index contributed by atoms with van der Waals surface area (Å²) >= 11 is 6.11. The molecule has 0 aliphatic carbocycles. The molecule has 3 rings (SSSR count). The number of alkyl halides is 1. The fourth-order valence-corrected chi connectivity index (χ4v) is 3.17. The van der Waals surface area contributed by atoms with Gasteiger partial charge in [-0.25, -0.2) is 19.7 Å².